The Morgan fingerprint density at radius 2 is 1.60 bits per heavy atom. The molecule has 2 aromatic carbocycles. The molecule has 5 heteroatoms. The number of hydrogen-bond acceptors (Lipinski definition) is 3. The first-order chi connectivity index (χ1) is 12.0. The van der Waals surface area contributed by atoms with Crippen molar-refractivity contribution in [3.05, 3.63) is 53.6 Å². The second-order valence-electron chi connectivity index (χ2n) is 6.73. The van der Waals surface area contributed by atoms with Gasteiger partial charge in [0.2, 0.25) is 0 Å². The van der Waals surface area contributed by atoms with Crippen LogP contribution in [0.25, 0.3) is 0 Å². The Labute approximate surface area is 149 Å². The van der Waals surface area contributed by atoms with Gasteiger partial charge >= 0.3 is 6.03 Å². The van der Waals surface area contributed by atoms with Crippen LogP contribution >= 0.6 is 0 Å². The zero-order chi connectivity index (χ0) is 17.8. The van der Waals surface area contributed by atoms with Crippen molar-refractivity contribution >= 4 is 23.1 Å². The molecule has 0 aliphatic carbocycles. The predicted octanol–water partition coefficient (Wildman–Crippen LogP) is 3.70. The normalized spacial score (nSPS) is 15.1. The summed E-state index contributed by atoms with van der Waals surface area (Å²) < 4.78 is 0. The van der Waals surface area contributed by atoms with Crippen LogP contribution < -0.4 is 15.5 Å². The Morgan fingerprint density at radius 3 is 2.24 bits per heavy atom. The van der Waals surface area contributed by atoms with Gasteiger partial charge in [-0.05, 0) is 56.8 Å². The molecule has 2 aromatic rings. The third-order valence-electron chi connectivity index (χ3n) is 4.64. The molecule has 1 aliphatic heterocycles. The van der Waals surface area contributed by atoms with E-state index in [9.17, 15) is 4.79 Å². The van der Waals surface area contributed by atoms with Gasteiger partial charge in [-0.2, -0.15) is 0 Å². The van der Waals surface area contributed by atoms with Crippen LogP contribution in [0.15, 0.2) is 42.5 Å². The van der Waals surface area contributed by atoms with Crippen LogP contribution in [0.5, 0.6) is 0 Å². The number of benzene rings is 2. The second-order valence-corrected chi connectivity index (χ2v) is 6.73. The lowest BCUT2D eigenvalue weighted by molar-refractivity contribution is 0.262. The maximum atomic E-state index is 12.2. The lowest BCUT2D eigenvalue weighted by Crippen LogP contribution is -2.44. The van der Waals surface area contributed by atoms with Crippen molar-refractivity contribution in [1.29, 1.82) is 0 Å². The quantitative estimate of drug-likeness (QED) is 0.897. The summed E-state index contributed by atoms with van der Waals surface area (Å²) in [6.07, 6.45) is 0. The molecule has 1 aliphatic rings. The maximum absolute atomic E-state index is 12.2. The maximum Gasteiger partial charge on any atom is 0.323 e. The molecule has 2 N–H and O–H groups in total. The van der Waals surface area contributed by atoms with Crippen LogP contribution in [0, 0.1) is 13.8 Å². The first-order valence-electron chi connectivity index (χ1n) is 8.70. The van der Waals surface area contributed by atoms with Crippen LogP contribution in [0.3, 0.4) is 0 Å². The first-order valence-corrected chi connectivity index (χ1v) is 8.70. The van der Waals surface area contributed by atoms with Gasteiger partial charge in [-0.25, -0.2) is 4.79 Å². The minimum absolute atomic E-state index is 0.223. The summed E-state index contributed by atoms with van der Waals surface area (Å²) in [5, 5.41) is 5.80. The number of anilines is 3. The van der Waals surface area contributed by atoms with Crippen LogP contribution in [0.2, 0.25) is 0 Å². The van der Waals surface area contributed by atoms with Gasteiger partial charge in [-0.15, -0.1) is 0 Å². The number of rotatable bonds is 3. The van der Waals surface area contributed by atoms with Crippen LogP contribution in [0.1, 0.15) is 11.1 Å². The van der Waals surface area contributed by atoms with Gasteiger partial charge in [0.05, 0.1) is 0 Å². The van der Waals surface area contributed by atoms with E-state index >= 15 is 0 Å². The fourth-order valence-corrected chi connectivity index (χ4v) is 2.97. The van der Waals surface area contributed by atoms with Gasteiger partial charge in [-0.3, -0.25) is 0 Å². The molecular formula is C20H26N4O. The van der Waals surface area contributed by atoms with Gasteiger partial charge in [-0.1, -0.05) is 17.7 Å². The summed E-state index contributed by atoms with van der Waals surface area (Å²) in [5.74, 6) is 0. The van der Waals surface area contributed by atoms with E-state index < -0.39 is 0 Å². The third-order valence-corrected chi connectivity index (χ3v) is 4.64. The van der Waals surface area contributed by atoms with Gasteiger partial charge < -0.3 is 20.4 Å². The van der Waals surface area contributed by atoms with Crippen molar-refractivity contribution in [2.45, 2.75) is 13.8 Å². The van der Waals surface area contributed by atoms with Crippen molar-refractivity contribution in [3.8, 4) is 0 Å². The Morgan fingerprint density at radius 1 is 0.920 bits per heavy atom. The highest BCUT2D eigenvalue weighted by atomic mass is 16.2. The van der Waals surface area contributed by atoms with Gasteiger partial charge in [0.15, 0.2) is 0 Å². The molecule has 1 fully saturated rings. The summed E-state index contributed by atoms with van der Waals surface area (Å²) in [6.45, 7) is 8.29. The Balaban J connectivity index is 1.62. The minimum Gasteiger partial charge on any atom is -0.369 e. The van der Waals surface area contributed by atoms with Crippen molar-refractivity contribution in [1.82, 2.24) is 4.90 Å². The zero-order valence-corrected chi connectivity index (χ0v) is 15.2. The van der Waals surface area contributed by atoms with E-state index in [0.29, 0.717) is 0 Å². The van der Waals surface area contributed by atoms with E-state index in [1.165, 1.54) is 11.3 Å². The summed E-state index contributed by atoms with van der Waals surface area (Å²) in [4.78, 5) is 16.9. The number of carbonyl (C=O) groups excluding carboxylic acids is 1. The van der Waals surface area contributed by atoms with E-state index in [1.54, 1.807) is 0 Å². The zero-order valence-electron chi connectivity index (χ0n) is 15.2. The third kappa shape index (κ3) is 4.51. The van der Waals surface area contributed by atoms with Crippen LogP contribution in [-0.4, -0.2) is 44.2 Å². The number of amides is 2. The van der Waals surface area contributed by atoms with Crippen molar-refractivity contribution in [2.75, 3.05) is 48.8 Å². The van der Waals surface area contributed by atoms with Crippen molar-refractivity contribution < 1.29 is 4.79 Å². The van der Waals surface area contributed by atoms with Crippen molar-refractivity contribution in [2.24, 2.45) is 0 Å². The molecule has 0 bridgehead atoms. The molecule has 5 nitrogen and oxygen atoms in total. The number of likely N-dealkylation sites (N-methyl/N-ethyl adjacent to an activating group) is 1. The number of nitrogens with zero attached hydrogens (tertiary/aromatic N) is 2. The molecule has 0 aromatic heterocycles. The molecular weight excluding hydrogens is 312 g/mol. The highest BCUT2D eigenvalue weighted by Gasteiger charge is 2.15. The molecule has 0 atom stereocenters. The average molecular weight is 338 g/mol. The standard InChI is InChI=1S/C20H26N4O/c1-15-4-6-17(7-5-15)21-20(25)22-19-9-8-18(14-16(19)2)24-12-10-23(3)11-13-24/h4-9,14H,10-13H2,1-3H3,(H2,21,22,25). The molecule has 25 heavy (non-hydrogen) atoms. The Bertz CT molecular complexity index is 734. The molecule has 0 saturated carbocycles. The molecule has 0 radical (unpaired) electrons. The summed E-state index contributed by atoms with van der Waals surface area (Å²) in [6, 6.07) is 13.7. The van der Waals surface area contributed by atoms with E-state index in [-0.39, 0.29) is 6.03 Å². The molecule has 3 rings (SSSR count). The van der Waals surface area contributed by atoms with E-state index in [0.717, 1.165) is 43.1 Å². The van der Waals surface area contributed by atoms with E-state index in [1.807, 2.05) is 44.2 Å². The van der Waals surface area contributed by atoms with E-state index in [2.05, 4.69) is 39.6 Å². The smallest absolute Gasteiger partial charge is 0.323 e. The first kappa shape index (κ1) is 17.3. The molecule has 1 saturated heterocycles. The highest BCUT2D eigenvalue weighted by molar-refractivity contribution is 6.00. The Hall–Kier alpha value is -2.53. The lowest BCUT2D eigenvalue weighted by Gasteiger charge is -2.34. The fourth-order valence-electron chi connectivity index (χ4n) is 2.97. The van der Waals surface area contributed by atoms with E-state index in [4.69, 9.17) is 0 Å². The second kappa shape index (κ2) is 7.57. The van der Waals surface area contributed by atoms with Crippen LogP contribution in [0.4, 0.5) is 21.9 Å². The molecule has 2 amide bonds. The lowest BCUT2D eigenvalue weighted by atomic mass is 10.1. The van der Waals surface area contributed by atoms with Crippen molar-refractivity contribution in [3.63, 3.8) is 0 Å². The summed E-state index contributed by atoms with van der Waals surface area (Å²) in [7, 11) is 2.16. The summed E-state index contributed by atoms with van der Waals surface area (Å²) >= 11 is 0. The minimum atomic E-state index is -0.223. The number of piperazine rings is 1. The van der Waals surface area contributed by atoms with Gasteiger partial charge in [0.25, 0.3) is 0 Å². The largest absolute Gasteiger partial charge is 0.369 e. The highest BCUT2D eigenvalue weighted by Crippen LogP contribution is 2.24. The molecule has 0 spiro atoms. The molecule has 132 valence electrons. The molecule has 0 unspecified atom stereocenters. The number of carbonyl (C=O) groups is 1. The number of urea groups is 1. The predicted molar refractivity (Wildman–Crippen MR) is 105 cm³/mol. The number of hydrogen-bond donors (Lipinski definition) is 2. The fraction of sp³-hybridized carbons (Fsp3) is 0.350. The number of aryl methyl sites for hydroxylation is 2. The molecule has 1 heterocycles. The average Bonchev–Trinajstić information content (AvgIpc) is 2.59. The van der Waals surface area contributed by atoms with Gasteiger partial charge in [0.1, 0.15) is 0 Å². The topological polar surface area (TPSA) is 47.6 Å². The Kier molecular flexibility index (Phi) is 5.24. The number of nitrogens with one attached hydrogen (secondary N) is 2. The van der Waals surface area contributed by atoms with Gasteiger partial charge in [0, 0.05) is 43.2 Å². The van der Waals surface area contributed by atoms with Crippen LogP contribution in [-0.2, 0) is 0 Å². The summed E-state index contributed by atoms with van der Waals surface area (Å²) in [5.41, 5.74) is 5.07. The SMILES string of the molecule is Cc1ccc(NC(=O)Nc2ccc(N3CCN(C)CC3)cc2C)cc1. The monoisotopic (exact) mass is 338 g/mol.